The van der Waals surface area contributed by atoms with Crippen molar-refractivity contribution in [3.63, 3.8) is 0 Å². The second-order valence-electron chi connectivity index (χ2n) is 14.6. The zero-order chi connectivity index (χ0) is 35.3. The van der Waals surface area contributed by atoms with Crippen LogP contribution in [0.5, 0.6) is 0 Å². The average molecular weight is 700 g/mol. The molecule has 53 heavy (non-hydrogen) atoms. The van der Waals surface area contributed by atoms with Gasteiger partial charge in [0, 0.05) is 53.1 Å². The van der Waals surface area contributed by atoms with Gasteiger partial charge in [0.1, 0.15) is 23.2 Å². The Morgan fingerprint density at radius 3 is 2.23 bits per heavy atom. The molecule has 11 rings (SSSR count). The van der Waals surface area contributed by atoms with Crippen LogP contribution in [0.15, 0.2) is 166 Å². The first-order valence-corrected chi connectivity index (χ1v) is 18.9. The van der Waals surface area contributed by atoms with E-state index in [9.17, 15) is 0 Å². The lowest BCUT2D eigenvalue weighted by atomic mass is 9.82. The van der Waals surface area contributed by atoms with Gasteiger partial charge in [-0.25, -0.2) is 9.98 Å². The van der Waals surface area contributed by atoms with Gasteiger partial charge in [-0.05, 0) is 57.6 Å². The van der Waals surface area contributed by atoms with Crippen LogP contribution in [0.2, 0.25) is 0 Å². The van der Waals surface area contributed by atoms with Gasteiger partial charge < -0.3 is 9.73 Å². The molecule has 252 valence electrons. The molecule has 0 bridgehead atoms. The zero-order valence-corrected chi connectivity index (χ0v) is 30.0. The summed E-state index contributed by atoms with van der Waals surface area (Å²) >= 11 is 1.81. The number of aliphatic imine (C=N–C) groups is 2. The third-order valence-electron chi connectivity index (χ3n) is 11.2. The van der Waals surface area contributed by atoms with Crippen LogP contribution in [0.3, 0.4) is 0 Å². The Morgan fingerprint density at radius 2 is 1.32 bits per heavy atom. The summed E-state index contributed by atoms with van der Waals surface area (Å²) in [6.45, 7) is 4.65. The van der Waals surface area contributed by atoms with Gasteiger partial charge in [-0.1, -0.05) is 141 Å². The maximum absolute atomic E-state index is 6.67. The van der Waals surface area contributed by atoms with Crippen molar-refractivity contribution in [2.45, 2.75) is 25.4 Å². The van der Waals surface area contributed by atoms with Gasteiger partial charge in [0.25, 0.3) is 0 Å². The maximum atomic E-state index is 6.67. The molecule has 1 aliphatic heterocycles. The lowest BCUT2D eigenvalue weighted by Gasteiger charge is -2.26. The van der Waals surface area contributed by atoms with E-state index in [-0.39, 0.29) is 11.6 Å². The molecule has 2 aromatic heterocycles. The SMILES string of the molecule is CC1(C)c2ccccc2-c2ccc(C3N=C(c4ccc5c(c4)oc4c(-c6ccccc6)cccc45)N=C(c4cccc5c4sc4ccccc45)N3)cc21. The highest BCUT2D eigenvalue weighted by atomic mass is 32.1. The van der Waals surface area contributed by atoms with Crippen molar-refractivity contribution in [1.29, 1.82) is 0 Å². The van der Waals surface area contributed by atoms with E-state index in [2.05, 4.69) is 165 Å². The minimum absolute atomic E-state index is 0.117. The van der Waals surface area contributed by atoms with Crippen LogP contribution in [0.4, 0.5) is 0 Å². The summed E-state index contributed by atoms with van der Waals surface area (Å²) in [6, 6.07) is 54.0. The van der Waals surface area contributed by atoms with Crippen molar-refractivity contribution < 1.29 is 4.42 Å². The van der Waals surface area contributed by atoms with Gasteiger partial charge in [0.05, 0.1) is 0 Å². The van der Waals surface area contributed by atoms with Gasteiger partial charge in [0.15, 0.2) is 5.84 Å². The Morgan fingerprint density at radius 1 is 0.585 bits per heavy atom. The number of hydrogen-bond acceptors (Lipinski definition) is 5. The van der Waals surface area contributed by atoms with Crippen molar-refractivity contribution in [1.82, 2.24) is 5.32 Å². The Labute approximate surface area is 310 Å². The van der Waals surface area contributed by atoms with Crippen molar-refractivity contribution in [3.8, 4) is 22.3 Å². The highest BCUT2D eigenvalue weighted by Gasteiger charge is 2.36. The summed E-state index contributed by atoms with van der Waals surface area (Å²) in [6.07, 6.45) is -0.344. The Kier molecular flexibility index (Phi) is 6.50. The number of furan rings is 1. The number of hydrogen-bond donors (Lipinski definition) is 1. The number of thiophene rings is 1. The van der Waals surface area contributed by atoms with Crippen LogP contribution in [-0.2, 0) is 5.41 Å². The molecular formula is C48H33N3OS. The number of para-hydroxylation sites is 1. The lowest BCUT2D eigenvalue weighted by molar-refractivity contribution is 0.645. The molecular weight excluding hydrogens is 667 g/mol. The van der Waals surface area contributed by atoms with E-state index < -0.39 is 0 Å². The number of rotatable bonds is 4. The number of nitrogens with zero attached hydrogens (tertiary/aromatic N) is 2. The summed E-state index contributed by atoms with van der Waals surface area (Å²) in [7, 11) is 0. The molecule has 0 spiro atoms. The third-order valence-corrected chi connectivity index (χ3v) is 12.4. The minimum atomic E-state index is -0.344. The van der Waals surface area contributed by atoms with Gasteiger partial charge in [-0.2, -0.15) is 0 Å². The van der Waals surface area contributed by atoms with Crippen molar-refractivity contribution in [2.24, 2.45) is 9.98 Å². The van der Waals surface area contributed by atoms with Crippen molar-refractivity contribution in [2.75, 3.05) is 0 Å². The fraction of sp³-hybridized carbons (Fsp3) is 0.0833. The van der Waals surface area contributed by atoms with Crippen LogP contribution in [-0.4, -0.2) is 11.7 Å². The van der Waals surface area contributed by atoms with Crippen molar-refractivity contribution >= 4 is 65.1 Å². The van der Waals surface area contributed by atoms with E-state index in [1.807, 2.05) is 17.4 Å². The van der Waals surface area contributed by atoms with Gasteiger partial charge in [-0.15, -0.1) is 11.3 Å². The predicted octanol–water partition coefficient (Wildman–Crippen LogP) is 12.4. The fourth-order valence-electron chi connectivity index (χ4n) is 8.49. The first-order valence-electron chi connectivity index (χ1n) is 18.1. The highest BCUT2D eigenvalue weighted by Crippen LogP contribution is 2.49. The molecule has 4 nitrogen and oxygen atoms in total. The molecule has 9 aromatic rings. The standard InChI is InChI=1S/C48H33N3OS/c1-48(2)39-20-8-6-14-32(39)33-24-22-29(26-40(33)48)45-49-46(51-47(50-45)38-19-11-18-37-35-15-7-9-21-42(35)53-44(37)38)30-23-25-34-36-17-10-16-31(28-12-4-3-5-13-28)43(36)52-41(34)27-30/h3-27,45H,1-2H3,(H,49,50,51). The summed E-state index contributed by atoms with van der Waals surface area (Å²) in [5.41, 5.74) is 12.2. The van der Waals surface area contributed by atoms with Crippen LogP contribution >= 0.6 is 11.3 Å². The van der Waals surface area contributed by atoms with E-state index in [4.69, 9.17) is 14.4 Å². The molecule has 0 saturated heterocycles. The van der Waals surface area contributed by atoms with E-state index in [1.54, 1.807) is 0 Å². The smallest absolute Gasteiger partial charge is 0.159 e. The Balaban J connectivity index is 1.08. The Hall–Kier alpha value is -6.30. The molecule has 3 heterocycles. The van der Waals surface area contributed by atoms with Crippen LogP contribution in [0.25, 0.3) is 64.4 Å². The van der Waals surface area contributed by atoms with Crippen molar-refractivity contribution in [3.05, 3.63) is 179 Å². The maximum Gasteiger partial charge on any atom is 0.159 e. The topological polar surface area (TPSA) is 49.9 Å². The number of fused-ring (bicyclic) bond motifs is 9. The second kappa shape index (κ2) is 11.3. The van der Waals surface area contributed by atoms with Crippen LogP contribution < -0.4 is 5.32 Å². The summed E-state index contributed by atoms with van der Waals surface area (Å²) in [4.78, 5) is 10.6. The molecule has 1 atom stereocenters. The first-order chi connectivity index (χ1) is 26.0. The minimum Gasteiger partial charge on any atom is -0.455 e. The lowest BCUT2D eigenvalue weighted by Crippen LogP contribution is -2.33. The second-order valence-corrected chi connectivity index (χ2v) is 15.6. The Bertz CT molecular complexity index is 3020. The van der Waals surface area contributed by atoms with E-state index >= 15 is 0 Å². The quantitative estimate of drug-likeness (QED) is 0.199. The number of nitrogens with one attached hydrogen (secondary N) is 1. The molecule has 1 unspecified atom stereocenters. The molecule has 5 heteroatoms. The monoisotopic (exact) mass is 699 g/mol. The summed E-state index contributed by atoms with van der Waals surface area (Å²) in [5, 5.41) is 8.47. The molecule has 0 fully saturated rings. The first kappa shape index (κ1) is 30.3. The van der Waals surface area contributed by atoms with E-state index in [0.717, 1.165) is 55.6 Å². The molecule has 0 radical (unpaired) electrons. The van der Waals surface area contributed by atoms with Crippen LogP contribution in [0.1, 0.15) is 47.8 Å². The molecule has 1 aliphatic carbocycles. The average Bonchev–Trinajstić information content (AvgIpc) is 3.85. The van der Waals surface area contributed by atoms with Gasteiger partial charge in [0.2, 0.25) is 0 Å². The molecule has 0 saturated carbocycles. The van der Waals surface area contributed by atoms with Crippen LogP contribution in [0, 0.1) is 0 Å². The molecule has 2 aliphatic rings. The summed E-state index contributed by atoms with van der Waals surface area (Å²) < 4.78 is 9.15. The zero-order valence-electron chi connectivity index (χ0n) is 29.2. The number of benzene rings is 7. The summed E-state index contributed by atoms with van der Waals surface area (Å²) in [5.74, 6) is 1.49. The molecule has 0 amide bonds. The normalized spacial score (nSPS) is 16.1. The predicted molar refractivity (Wildman–Crippen MR) is 221 cm³/mol. The van der Waals surface area contributed by atoms with E-state index in [1.165, 1.54) is 42.4 Å². The third kappa shape index (κ3) is 4.60. The largest absolute Gasteiger partial charge is 0.455 e. The highest BCUT2D eigenvalue weighted by molar-refractivity contribution is 7.26. The molecule has 1 N–H and O–H groups in total. The number of amidine groups is 2. The van der Waals surface area contributed by atoms with E-state index in [0.29, 0.717) is 5.84 Å². The fourth-order valence-corrected chi connectivity index (χ4v) is 9.71. The molecule has 7 aromatic carbocycles. The van der Waals surface area contributed by atoms with Gasteiger partial charge in [-0.3, -0.25) is 0 Å². The van der Waals surface area contributed by atoms with Gasteiger partial charge >= 0.3 is 0 Å².